The molecule has 10 atom stereocenters. The van der Waals surface area contributed by atoms with Crippen LogP contribution in [-0.2, 0) is 0 Å². The number of hydrogen-bond donors (Lipinski definition) is 1. The van der Waals surface area contributed by atoms with Crippen LogP contribution in [0.3, 0.4) is 0 Å². The van der Waals surface area contributed by atoms with E-state index in [-0.39, 0.29) is 11.5 Å². The predicted molar refractivity (Wildman–Crippen MR) is 96.0 cm³/mol. The highest BCUT2D eigenvalue weighted by atomic mass is 16.3. The largest absolute Gasteiger partial charge is 0.393 e. The van der Waals surface area contributed by atoms with E-state index in [1.165, 1.54) is 38.5 Å². The molecule has 1 heteroatoms. The van der Waals surface area contributed by atoms with E-state index >= 15 is 0 Å². The van der Waals surface area contributed by atoms with Crippen LogP contribution in [0, 0.1) is 52.3 Å². The summed E-state index contributed by atoms with van der Waals surface area (Å²) in [6, 6.07) is 0. The normalized spacial score (nSPS) is 62.3. The molecular weight excluding hydrogens is 280 g/mol. The Kier molecular flexibility index (Phi) is 3.73. The minimum atomic E-state index is -0.0486. The summed E-state index contributed by atoms with van der Waals surface area (Å²) in [5.74, 6) is 6.03. The van der Waals surface area contributed by atoms with Crippen molar-refractivity contribution in [1.29, 1.82) is 0 Å². The molecule has 4 saturated carbocycles. The fourth-order valence-corrected chi connectivity index (χ4v) is 8.18. The quantitative estimate of drug-likeness (QED) is 0.623. The maximum absolute atomic E-state index is 10.8. The molecule has 0 amide bonds. The maximum Gasteiger partial charge on any atom is 0.0599 e. The van der Waals surface area contributed by atoms with Gasteiger partial charge in [-0.1, -0.05) is 41.0 Å². The van der Waals surface area contributed by atoms with Crippen LogP contribution in [0.2, 0.25) is 0 Å². The third-order valence-corrected chi connectivity index (χ3v) is 9.82. The zero-order valence-corrected chi connectivity index (χ0v) is 16.0. The highest BCUT2D eigenvalue weighted by Gasteiger charge is 2.63. The minimum absolute atomic E-state index is 0.0486. The molecule has 0 aliphatic heterocycles. The van der Waals surface area contributed by atoms with Gasteiger partial charge >= 0.3 is 0 Å². The van der Waals surface area contributed by atoms with Crippen LogP contribution < -0.4 is 0 Å². The average Bonchev–Trinajstić information content (AvgIpc) is 2.80. The Labute approximate surface area is 143 Å². The van der Waals surface area contributed by atoms with E-state index in [0.717, 1.165) is 41.9 Å². The Morgan fingerprint density at radius 2 is 1.61 bits per heavy atom. The van der Waals surface area contributed by atoms with Gasteiger partial charge in [0.2, 0.25) is 0 Å². The molecule has 4 aliphatic carbocycles. The molecule has 4 rings (SSSR count). The number of rotatable bonds is 0. The van der Waals surface area contributed by atoms with Crippen molar-refractivity contribution in [2.24, 2.45) is 52.3 Å². The Morgan fingerprint density at radius 3 is 2.35 bits per heavy atom. The predicted octanol–water partition coefficient (Wildman–Crippen LogP) is 5.52. The molecule has 1 nitrogen and oxygen atoms in total. The second kappa shape index (κ2) is 5.23. The minimum Gasteiger partial charge on any atom is -0.393 e. The van der Waals surface area contributed by atoms with Crippen molar-refractivity contribution >= 4 is 0 Å². The lowest BCUT2D eigenvalue weighted by atomic mass is 9.41. The molecule has 132 valence electrons. The second-order valence-electron chi connectivity index (χ2n) is 10.7. The summed E-state index contributed by atoms with van der Waals surface area (Å²) < 4.78 is 0. The Hall–Kier alpha value is -0.0400. The van der Waals surface area contributed by atoms with Crippen LogP contribution in [-0.4, -0.2) is 11.2 Å². The van der Waals surface area contributed by atoms with Crippen molar-refractivity contribution in [3.05, 3.63) is 0 Å². The second-order valence-corrected chi connectivity index (χ2v) is 10.7. The molecule has 1 N–H and O–H groups in total. The average molecular weight is 319 g/mol. The van der Waals surface area contributed by atoms with E-state index in [4.69, 9.17) is 0 Å². The first-order valence-electron chi connectivity index (χ1n) is 10.5. The van der Waals surface area contributed by atoms with E-state index in [9.17, 15) is 5.11 Å². The molecule has 0 bridgehead atoms. The van der Waals surface area contributed by atoms with E-state index in [0.29, 0.717) is 11.3 Å². The fourth-order valence-electron chi connectivity index (χ4n) is 8.18. The van der Waals surface area contributed by atoms with E-state index in [1.807, 2.05) is 0 Å². The van der Waals surface area contributed by atoms with Gasteiger partial charge < -0.3 is 5.11 Å². The van der Waals surface area contributed by atoms with Gasteiger partial charge in [0.1, 0.15) is 0 Å². The zero-order chi connectivity index (χ0) is 16.6. The van der Waals surface area contributed by atoms with Gasteiger partial charge in [-0.2, -0.15) is 0 Å². The molecule has 4 fully saturated rings. The van der Waals surface area contributed by atoms with E-state index in [1.54, 1.807) is 0 Å². The lowest BCUT2D eigenvalue weighted by Crippen LogP contribution is -2.58. The van der Waals surface area contributed by atoms with Crippen LogP contribution in [0.15, 0.2) is 0 Å². The van der Waals surface area contributed by atoms with Crippen LogP contribution in [0.5, 0.6) is 0 Å². The van der Waals surface area contributed by atoms with Crippen LogP contribution in [0.1, 0.15) is 79.6 Å². The van der Waals surface area contributed by atoms with E-state index in [2.05, 4.69) is 34.6 Å². The molecule has 0 radical (unpaired) electrons. The molecule has 0 aromatic heterocycles. The molecule has 0 spiro atoms. The number of aliphatic hydroxyl groups is 1. The van der Waals surface area contributed by atoms with Crippen molar-refractivity contribution in [2.75, 3.05) is 0 Å². The standard InChI is InChI=1S/C22H38O/c1-13-8-9-21(4)16(10-13)11-14(2)20-17-6-7-19(23)22(17,5)15(3)12-18(20)21/h13-20,23H,6-12H2,1-5H3. The summed E-state index contributed by atoms with van der Waals surface area (Å²) in [6.45, 7) is 12.6. The first-order valence-corrected chi connectivity index (χ1v) is 10.5. The highest BCUT2D eigenvalue weighted by molar-refractivity contribution is 5.12. The third kappa shape index (κ3) is 2.07. The number of hydrogen-bond acceptors (Lipinski definition) is 1. The molecule has 0 aromatic carbocycles. The van der Waals surface area contributed by atoms with E-state index < -0.39 is 0 Å². The molecule has 0 heterocycles. The molecule has 0 aromatic rings. The fraction of sp³-hybridized carbons (Fsp3) is 1.00. The Balaban J connectivity index is 1.71. The summed E-state index contributed by atoms with van der Waals surface area (Å²) in [5, 5.41) is 10.8. The lowest BCUT2D eigenvalue weighted by molar-refractivity contribution is -0.167. The summed E-state index contributed by atoms with van der Waals surface area (Å²) in [5.41, 5.74) is 0.785. The molecule has 4 aliphatic rings. The maximum atomic E-state index is 10.8. The van der Waals surface area contributed by atoms with Crippen LogP contribution in [0.4, 0.5) is 0 Å². The Morgan fingerprint density at radius 1 is 0.870 bits per heavy atom. The van der Waals surface area contributed by atoms with Gasteiger partial charge in [-0.05, 0) is 90.8 Å². The van der Waals surface area contributed by atoms with Crippen molar-refractivity contribution in [2.45, 2.75) is 85.7 Å². The number of aliphatic hydroxyl groups excluding tert-OH is 1. The highest BCUT2D eigenvalue weighted by Crippen LogP contribution is 2.69. The topological polar surface area (TPSA) is 20.2 Å². The van der Waals surface area contributed by atoms with Crippen LogP contribution >= 0.6 is 0 Å². The van der Waals surface area contributed by atoms with Crippen molar-refractivity contribution in [3.8, 4) is 0 Å². The summed E-state index contributed by atoms with van der Waals surface area (Å²) in [7, 11) is 0. The van der Waals surface area contributed by atoms with Gasteiger partial charge in [0.05, 0.1) is 6.10 Å². The first kappa shape index (κ1) is 16.4. The molecule has 0 saturated heterocycles. The van der Waals surface area contributed by atoms with Crippen molar-refractivity contribution < 1.29 is 5.11 Å². The lowest BCUT2D eigenvalue weighted by Gasteiger charge is -2.64. The number of fused-ring (bicyclic) bond motifs is 5. The summed E-state index contributed by atoms with van der Waals surface area (Å²) in [4.78, 5) is 0. The van der Waals surface area contributed by atoms with Crippen molar-refractivity contribution in [1.82, 2.24) is 0 Å². The molecule has 23 heavy (non-hydrogen) atoms. The summed E-state index contributed by atoms with van der Waals surface area (Å²) >= 11 is 0. The van der Waals surface area contributed by atoms with Gasteiger partial charge in [0, 0.05) is 0 Å². The smallest absolute Gasteiger partial charge is 0.0599 e. The Bertz CT molecular complexity index is 473. The van der Waals surface area contributed by atoms with Gasteiger partial charge in [-0.25, -0.2) is 0 Å². The van der Waals surface area contributed by atoms with Crippen molar-refractivity contribution in [3.63, 3.8) is 0 Å². The third-order valence-electron chi connectivity index (χ3n) is 9.82. The molecule has 10 unspecified atom stereocenters. The van der Waals surface area contributed by atoms with Gasteiger partial charge in [0.15, 0.2) is 0 Å². The van der Waals surface area contributed by atoms with Gasteiger partial charge in [0.25, 0.3) is 0 Å². The SMILES string of the molecule is CC1CCC2(C)C(C1)CC(C)C1C2CC(C)C2(C)C(O)CCC12. The zero-order valence-electron chi connectivity index (χ0n) is 16.0. The van der Waals surface area contributed by atoms with Gasteiger partial charge in [-0.15, -0.1) is 0 Å². The first-order chi connectivity index (χ1) is 10.8. The van der Waals surface area contributed by atoms with Gasteiger partial charge in [-0.3, -0.25) is 0 Å². The monoisotopic (exact) mass is 318 g/mol. The van der Waals surface area contributed by atoms with Crippen LogP contribution in [0.25, 0.3) is 0 Å². The molecular formula is C22H38O. The summed E-state index contributed by atoms with van der Waals surface area (Å²) in [6.07, 6.45) is 9.51.